The van der Waals surface area contributed by atoms with Crippen molar-refractivity contribution in [2.45, 2.75) is 31.7 Å². The highest BCUT2D eigenvalue weighted by Gasteiger charge is 2.29. The number of benzene rings is 1. The van der Waals surface area contributed by atoms with E-state index in [9.17, 15) is 0 Å². The number of nitrogens with zero attached hydrogens (tertiary/aromatic N) is 6. The molecule has 3 heterocycles. The number of hydrogen-bond donors (Lipinski definition) is 3. The monoisotopic (exact) mass is 497 g/mol. The predicted molar refractivity (Wildman–Crippen MR) is 133 cm³/mol. The lowest BCUT2D eigenvalue weighted by Crippen LogP contribution is -2.42. The third-order valence-electron chi connectivity index (χ3n) is 6.35. The van der Waals surface area contributed by atoms with E-state index in [1.54, 1.807) is 18.5 Å². The lowest BCUT2D eigenvalue weighted by atomic mass is 10.1. The second-order valence-corrected chi connectivity index (χ2v) is 9.19. The number of nitrogens with two attached hydrogens (primary N) is 1. The number of aromatic nitrogens is 3. The number of nitrogens with one attached hydrogen (secondary N) is 2. The largest absolute Gasteiger partial charge is 0.492 e. The van der Waals surface area contributed by atoms with Gasteiger partial charge < -0.3 is 15.4 Å². The van der Waals surface area contributed by atoms with Gasteiger partial charge in [-0.25, -0.2) is 24.3 Å². The van der Waals surface area contributed by atoms with Crippen LogP contribution in [0.1, 0.15) is 37.3 Å². The van der Waals surface area contributed by atoms with Gasteiger partial charge in [-0.2, -0.15) is 5.10 Å². The van der Waals surface area contributed by atoms with Crippen LogP contribution in [0.4, 0.5) is 20.3 Å². The maximum atomic E-state index is 15.1. The molecule has 0 saturated heterocycles. The Morgan fingerprint density at radius 1 is 1.11 bits per heavy atom. The average molecular weight is 498 g/mol. The molecule has 190 valence electrons. The van der Waals surface area contributed by atoms with Crippen molar-refractivity contribution in [1.29, 1.82) is 0 Å². The van der Waals surface area contributed by atoms with E-state index < -0.39 is 11.6 Å². The normalized spacial score (nSPS) is 16.0. The van der Waals surface area contributed by atoms with Crippen molar-refractivity contribution in [2.75, 3.05) is 38.0 Å². The molecule has 0 spiro atoms. The number of hydrazine groups is 2. The molecule has 1 fully saturated rings. The van der Waals surface area contributed by atoms with Crippen LogP contribution in [0.15, 0.2) is 41.9 Å². The summed E-state index contributed by atoms with van der Waals surface area (Å²) in [5, 5.41) is 9.86. The lowest BCUT2D eigenvalue weighted by Gasteiger charge is -2.21. The predicted octanol–water partition coefficient (Wildman–Crippen LogP) is 3.05. The van der Waals surface area contributed by atoms with Crippen LogP contribution in [0.25, 0.3) is 11.1 Å². The van der Waals surface area contributed by atoms with Crippen molar-refractivity contribution >= 4 is 17.3 Å². The lowest BCUT2D eigenvalue weighted by molar-refractivity contribution is 0.259. The summed E-state index contributed by atoms with van der Waals surface area (Å²) in [7, 11) is 3.77. The molecule has 5 rings (SSSR count). The number of ether oxygens (including phenoxy) is 1. The maximum Gasteiger partial charge on any atom is 0.181 e. The maximum absolute atomic E-state index is 15.1. The number of amidine groups is 1. The van der Waals surface area contributed by atoms with E-state index in [0.29, 0.717) is 24.8 Å². The number of halogens is 2. The van der Waals surface area contributed by atoms with Gasteiger partial charge in [0.25, 0.3) is 0 Å². The molecular weight excluding hydrogens is 468 g/mol. The molecule has 0 unspecified atom stereocenters. The number of likely N-dealkylation sites (N-methyl/N-ethyl adjacent to an activating group) is 1. The molecular formula is C24H29F2N9O. The Hall–Kier alpha value is -3.77. The molecule has 10 nitrogen and oxygen atoms in total. The molecule has 2 aliphatic rings. The molecule has 1 aromatic carbocycles. The van der Waals surface area contributed by atoms with E-state index in [-0.39, 0.29) is 23.1 Å². The highest BCUT2D eigenvalue weighted by molar-refractivity contribution is 6.13. The second kappa shape index (κ2) is 10.1. The number of anilines is 2. The summed E-state index contributed by atoms with van der Waals surface area (Å²) in [5.74, 6) is -1.20. The van der Waals surface area contributed by atoms with Crippen LogP contribution in [-0.4, -0.2) is 52.7 Å². The van der Waals surface area contributed by atoms with Crippen LogP contribution in [0.5, 0.6) is 5.75 Å². The molecule has 0 bridgehead atoms. The van der Waals surface area contributed by atoms with Crippen LogP contribution in [0, 0.1) is 11.6 Å². The van der Waals surface area contributed by atoms with E-state index in [1.807, 2.05) is 29.9 Å². The molecule has 3 aromatic rings. The third kappa shape index (κ3) is 4.82. The zero-order chi connectivity index (χ0) is 25.2. The Bertz CT molecular complexity index is 1250. The quantitative estimate of drug-likeness (QED) is 0.436. The van der Waals surface area contributed by atoms with E-state index in [1.165, 1.54) is 12.8 Å². The van der Waals surface area contributed by atoms with Gasteiger partial charge in [-0.1, -0.05) is 12.8 Å². The van der Waals surface area contributed by atoms with Gasteiger partial charge >= 0.3 is 0 Å². The van der Waals surface area contributed by atoms with Crippen molar-refractivity contribution in [3.63, 3.8) is 0 Å². The SMILES string of the molecule is CN(C)CCOc1cc(F)c(N2NNN=C2c2cc(-c3cnn(C4CCCC4)c3)cnc2N)c(F)c1. The van der Waals surface area contributed by atoms with Gasteiger partial charge in [0.1, 0.15) is 23.9 Å². The third-order valence-corrected chi connectivity index (χ3v) is 6.35. The first kappa shape index (κ1) is 23.9. The van der Waals surface area contributed by atoms with E-state index >= 15 is 8.78 Å². The Kier molecular flexibility index (Phi) is 6.70. The van der Waals surface area contributed by atoms with Crippen molar-refractivity contribution in [2.24, 2.45) is 5.10 Å². The van der Waals surface area contributed by atoms with Crippen LogP contribution >= 0.6 is 0 Å². The minimum Gasteiger partial charge on any atom is -0.492 e. The number of rotatable bonds is 8. The number of hydrazone groups is 1. The number of nitrogen functional groups attached to an aromatic ring is 1. The molecule has 0 radical (unpaired) electrons. The molecule has 12 heteroatoms. The van der Waals surface area contributed by atoms with Crippen LogP contribution in [-0.2, 0) is 0 Å². The average Bonchev–Trinajstić information content (AvgIpc) is 3.60. The molecule has 0 amide bonds. The Balaban J connectivity index is 1.41. The fraction of sp³-hybridized carbons (Fsp3) is 0.375. The van der Waals surface area contributed by atoms with E-state index in [0.717, 1.165) is 41.1 Å². The van der Waals surface area contributed by atoms with Crippen molar-refractivity contribution in [3.05, 3.63) is 54.0 Å². The van der Waals surface area contributed by atoms with Crippen molar-refractivity contribution in [1.82, 2.24) is 30.7 Å². The minimum absolute atomic E-state index is 0.101. The smallest absolute Gasteiger partial charge is 0.181 e. The van der Waals surface area contributed by atoms with Crippen LogP contribution in [0.2, 0.25) is 0 Å². The molecule has 4 N–H and O–H groups in total. The highest BCUT2D eigenvalue weighted by atomic mass is 19.1. The van der Waals surface area contributed by atoms with Gasteiger partial charge in [-0.3, -0.25) is 4.68 Å². The number of hydrogen-bond acceptors (Lipinski definition) is 9. The minimum atomic E-state index is -0.820. The molecule has 1 saturated carbocycles. The summed E-state index contributed by atoms with van der Waals surface area (Å²) in [5.41, 5.74) is 13.1. The van der Waals surface area contributed by atoms with Gasteiger partial charge in [-0.05, 0) is 33.0 Å². The first-order chi connectivity index (χ1) is 17.4. The van der Waals surface area contributed by atoms with Crippen molar-refractivity contribution in [3.8, 4) is 16.9 Å². The van der Waals surface area contributed by atoms with Gasteiger partial charge in [0.05, 0.1) is 17.8 Å². The number of pyridine rings is 1. The summed E-state index contributed by atoms with van der Waals surface area (Å²) < 4.78 is 37.6. The summed E-state index contributed by atoms with van der Waals surface area (Å²) in [6, 6.07) is 4.47. The zero-order valence-electron chi connectivity index (χ0n) is 20.2. The molecule has 1 aliphatic heterocycles. The fourth-order valence-corrected chi connectivity index (χ4v) is 4.43. The summed E-state index contributed by atoms with van der Waals surface area (Å²) in [6.45, 7) is 0.912. The topological polar surface area (TPSA) is 109 Å². The summed E-state index contributed by atoms with van der Waals surface area (Å²) in [4.78, 5) is 6.22. The summed E-state index contributed by atoms with van der Waals surface area (Å²) in [6.07, 6.45) is 10.1. The summed E-state index contributed by atoms with van der Waals surface area (Å²) >= 11 is 0. The van der Waals surface area contributed by atoms with Gasteiger partial charge in [0, 0.05) is 42.2 Å². The zero-order valence-corrected chi connectivity index (χ0v) is 20.2. The Morgan fingerprint density at radius 2 is 1.86 bits per heavy atom. The highest BCUT2D eigenvalue weighted by Crippen LogP contribution is 2.33. The molecule has 1 aliphatic carbocycles. The molecule has 2 aromatic heterocycles. The van der Waals surface area contributed by atoms with Gasteiger partial charge in [0.15, 0.2) is 17.5 Å². The van der Waals surface area contributed by atoms with Crippen molar-refractivity contribution < 1.29 is 13.5 Å². The molecule has 36 heavy (non-hydrogen) atoms. The van der Waals surface area contributed by atoms with Crippen LogP contribution < -0.4 is 26.5 Å². The van der Waals surface area contributed by atoms with Gasteiger partial charge in [0.2, 0.25) is 0 Å². The first-order valence-electron chi connectivity index (χ1n) is 11.9. The molecule has 0 atom stereocenters. The first-order valence-corrected chi connectivity index (χ1v) is 11.9. The van der Waals surface area contributed by atoms with Crippen LogP contribution in [0.3, 0.4) is 0 Å². The fourth-order valence-electron chi connectivity index (χ4n) is 4.43. The van der Waals surface area contributed by atoms with E-state index in [2.05, 4.69) is 26.3 Å². The standard InChI is InChI=1S/C24H29F2N9O/c1-33(2)7-8-36-18-10-20(25)22(21(26)11-18)35-24(30-31-32-35)19-9-15(12-28-23(19)27)16-13-29-34(14-16)17-5-3-4-6-17/h9-14,17,31-32H,3-8H2,1-2H3,(H2,27,28). The second-order valence-electron chi connectivity index (χ2n) is 9.19. The Labute approximate surface area is 207 Å². The van der Waals surface area contributed by atoms with E-state index in [4.69, 9.17) is 10.5 Å². The Morgan fingerprint density at radius 3 is 2.58 bits per heavy atom. The van der Waals surface area contributed by atoms with Gasteiger partial charge in [-0.15, -0.1) is 10.6 Å².